The number of rotatable bonds is 3. The number of hydrogen-bond acceptors (Lipinski definition) is 5. The maximum Gasteiger partial charge on any atom is 0.312 e. The molecule has 25 heavy (non-hydrogen) atoms. The molecule has 0 unspecified atom stereocenters. The molecule has 3 N–H and O–H groups in total. The topological polar surface area (TPSA) is 98.4 Å². The molecule has 1 aliphatic carbocycles. The first-order valence-electron chi connectivity index (χ1n) is 8.13. The normalized spacial score (nSPS) is 25.3. The maximum atomic E-state index is 12.5. The number of ether oxygens (including phenoxy) is 1. The van der Waals surface area contributed by atoms with E-state index in [0.717, 1.165) is 11.3 Å². The minimum absolute atomic E-state index is 0.174. The van der Waals surface area contributed by atoms with Crippen LogP contribution in [0.5, 0.6) is 0 Å². The number of carbonyl (C=O) groups excluding carboxylic acids is 1. The third kappa shape index (κ3) is 2.84. The van der Waals surface area contributed by atoms with Crippen molar-refractivity contribution in [3.8, 4) is 0 Å². The Morgan fingerprint density at radius 3 is 2.48 bits per heavy atom. The van der Waals surface area contributed by atoms with Crippen molar-refractivity contribution >= 4 is 11.7 Å². The molecule has 0 radical (unpaired) electrons. The predicted molar refractivity (Wildman–Crippen MR) is 93.9 cm³/mol. The van der Waals surface area contributed by atoms with E-state index in [2.05, 4.69) is 10.2 Å². The first kappa shape index (κ1) is 17.3. The fourth-order valence-electron chi connectivity index (χ4n) is 3.72. The van der Waals surface area contributed by atoms with Gasteiger partial charge in [0.2, 0.25) is 0 Å². The molecule has 0 aliphatic heterocycles. The summed E-state index contributed by atoms with van der Waals surface area (Å²) in [4.78, 5) is 26.8. The summed E-state index contributed by atoms with van der Waals surface area (Å²) in [5.74, 6) is -1.98. The van der Waals surface area contributed by atoms with E-state index < -0.39 is 23.4 Å². The highest BCUT2D eigenvalue weighted by Crippen LogP contribution is 2.44. The average molecular weight is 345 g/mol. The van der Waals surface area contributed by atoms with Crippen LogP contribution in [0.3, 0.4) is 0 Å². The fourth-order valence-corrected chi connectivity index (χ4v) is 3.72. The van der Waals surface area contributed by atoms with Crippen LogP contribution in [0.4, 0.5) is 5.69 Å². The highest BCUT2D eigenvalue weighted by Gasteiger charge is 2.51. The Kier molecular flexibility index (Phi) is 4.20. The number of benzene rings is 1. The molecule has 7 heteroatoms. The molecule has 0 fully saturated rings. The van der Waals surface area contributed by atoms with Gasteiger partial charge in [0, 0.05) is 43.4 Å². The van der Waals surface area contributed by atoms with E-state index in [1.54, 1.807) is 6.92 Å². The molecule has 1 aliphatic rings. The Bertz CT molecular complexity index is 833. The third-order valence-corrected chi connectivity index (χ3v) is 4.97. The van der Waals surface area contributed by atoms with Crippen LogP contribution in [0, 0.1) is 5.92 Å². The molecular weight excluding hydrogens is 322 g/mol. The van der Waals surface area contributed by atoms with E-state index in [9.17, 15) is 14.7 Å². The molecule has 0 saturated carbocycles. The molecule has 7 nitrogen and oxygen atoms in total. The van der Waals surface area contributed by atoms with Crippen LogP contribution >= 0.6 is 0 Å². The third-order valence-electron chi connectivity index (χ3n) is 4.97. The molecule has 0 saturated heterocycles. The van der Waals surface area contributed by atoms with Crippen LogP contribution in [-0.4, -0.2) is 48.1 Å². The van der Waals surface area contributed by atoms with E-state index in [-0.39, 0.29) is 12.0 Å². The molecule has 0 bridgehead atoms. The van der Waals surface area contributed by atoms with Crippen molar-refractivity contribution in [1.29, 1.82) is 0 Å². The van der Waals surface area contributed by atoms with Crippen molar-refractivity contribution in [3.63, 3.8) is 0 Å². The molecule has 3 atom stereocenters. The predicted octanol–water partition coefficient (Wildman–Crippen LogP) is 0.997. The van der Waals surface area contributed by atoms with E-state index in [1.165, 1.54) is 7.11 Å². The first-order chi connectivity index (χ1) is 11.8. The molecule has 0 amide bonds. The van der Waals surface area contributed by atoms with Crippen molar-refractivity contribution in [1.82, 2.24) is 10.2 Å². The van der Waals surface area contributed by atoms with E-state index in [1.807, 2.05) is 43.3 Å². The van der Waals surface area contributed by atoms with Crippen LogP contribution in [0.2, 0.25) is 0 Å². The van der Waals surface area contributed by atoms with Crippen molar-refractivity contribution < 1.29 is 14.6 Å². The lowest BCUT2D eigenvalue weighted by Gasteiger charge is -2.40. The summed E-state index contributed by atoms with van der Waals surface area (Å²) >= 11 is 0. The highest BCUT2D eigenvalue weighted by atomic mass is 16.5. The number of fused-ring (bicyclic) bond motifs is 1. The van der Waals surface area contributed by atoms with Crippen LogP contribution < -0.4 is 10.5 Å². The van der Waals surface area contributed by atoms with Gasteiger partial charge in [-0.3, -0.25) is 14.7 Å². The maximum absolute atomic E-state index is 12.5. The Balaban J connectivity index is 2.18. The molecule has 1 heterocycles. The summed E-state index contributed by atoms with van der Waals surface area (Å²) in [6.07, 6.45) is 0.174. The number of carbonyl (C=O) groups is 1. The Morgan fingerprint density at radius 1 is 1.28 bits per heavy atom. The van der Waals surface area contributed by atoms with Gasteiger partial charge in [0.05, 0.1) is 18.6 Å². The summed E-state index contributed by atoms with van der Waals surface area (Å²) in [6.45, 7) is 1.60. The SMILES string of the molecule is COC(=O)[C@H]1[C@@H](c2ccc(N(C)C)cc2)c2c([nH][nH]c2=O)C[C@]1(C)O. The lowest BCUT2D eigenvalue weighted by atomic mass is 9.66. The average Bonchev–Trinajstić information content (AvgIpc) is 2.92. The molecule has 3 rings (SSSR count). The van der Waals surface area contributed by atoms with Gasteiger partial charge >= 0.3 is 5.97 Å². The minimum Gasteiger partial charge on any atom is -0.469 e. The molecule has 1 aromatic heterocycles. The summed E-state index contributed by atoms with van der Waals surface area (Å²) in [7, 11) is 5.17. The Labute approximate surface area is 145 Å². The number of nitrogens with zero attached hydrogens (tertiary/aromatic N) is 1. The van der Waals surface area contributed by atoms with Gasteiger partial charge in [-0.2, -0.15) is 0 Å². The quantitative estimate of drug-likeness (QED) is 0.721. The highest BCUT2D eigenvalue weighted by molar-refractivity contribution is 5.77. The fraction of sp³-hybridized carbons (Fsp3) is 0.444. The lowest BCUT2D eigenvalue weighted by molar-refractivity contribution is -0.156. The summed E-state index contributed by atoms with van der Waals surface area (Å²) in [5, 5.41) is 16.3. The number of anilines is 1. The molecule has 134 valence electrons. The van der Waals surface area contributed by atoms with Crippen LogP contribution in [0.25, 0.3) is 0 Å². The summed E-state index contributed by atoms with van der Waals surface area (Å²) in [6, 6.07) is 7.61. The zero-order valence-corrected chi connectivity index (χ0v) is 14.8. The Hall–Kier alpha value is -2.54. The smallest absolute Gasteiger partial charge is 0.312 e. The molecular formula is C18H23N3O4. The van der Waals surface area contributed by atoms with E-state index in [4.69, 9.17) is 4.74 Å². The van der Waals surface area contributed by atoms with Gasteiger partial charge in [0.25, 0.3) is 5.56 Å². The van der Waals surface area contributed by atoms with E-state index in [0.29, 0.717) is 11.3 Å². The standard InChI is InChI=1S/C18H23N3O4/c1-18(24)9-12-14(16(22)20-19-12)13(15(18)17(23)25-4)10-5-7-11(8-6-10)21(2)3/h5-8,13,15,24H,9H2,1-4H3,(H2,19,20,22)/t13-,15+,18-/m0/s1. The number of hydrogen-bond donors (Lipinski definition) is 3. The van der Waals surface area contributed by atoms with Gasteiger partial charge < -0.3 is 19.8 Å². The number of aromatic amines is 2. The second-order valence-corrected chi connectivity index (χ2v) is 6.97. The number of aromatic nitrogens is 2. The second-order valence-electron chi connectivity index (χ2n) is 6.97. The van der Waals surface area contributed by atoms with Gasteiger partial charge in [0.1, 0.15) is 0 Å². The number of H-pyrrole nitrogens is 2. The summed E-state index contributed by atoms with van der Waals surface area (Å²) in [5.41, 5.74) is 1.28. The van der Waals surface area contributed by atoms with Crippen LogP contribution in [-0.2, 0) is 16.0 Å². The molecule has 2 aromatic rings. The first-order valence-corrected chi connectivity index (χ1v) is 8.13. The van der Waals surface area contributed by atoms with Crippen molar-refractivity contribution in [2.45, 2.75) is 24.9 Å². The molecule has 0 spiro atoms. The van der Waals surface area contributed by atoms with Crippen LogP contribution in [0.15, 0.2) is 29.1 Å². The van der Waals surface area contributed by atoms with E-state index >= 15 is 0 Å². The van der Waals surface area contributed by atoms with Gasteiger partial charge in [-0.05, 0) is 24.6 Å². The Morgan fingerprint density at radius 2 is 1.92 bits per heavy atom. The van der Waals surface area contributed by atoms with Crippen molar-refractivity contribution in [3.05, 3.63) is 51.4 Å². The minimum atomic E-state index is -1.34. The largest absolute Gasteiger partial charge is 0.469 e. The van der Waals surface area contributed by atoms with Crippen molar-refractivity contribution in [2.75, 3.05) is 26.1 Å². The van der Waals surface area contributed by atoms with Crippen molar-refractivity contribution in [2.24, 2.45) is 5.92 Å². The number of esters is 1. The van der Waals surface area contributed by atoms with Gasteiger partial charge in [0.15, 0.2) is 0 Å². The lowest BCUT2D eigenvalue weighted by Crippen LogP contribution is -2.49. The second kappa shape index (κ2) is 6.07. The zero-order chi connectivity index (χ0) is 18.4. The van der Waals surface area contributed by atoms with Gasteiger partial charge in [-0.1, -0.05) is 12.1 Å². The molecule has 1 aromatic carbocycles. The zero-order valence-electron chi connectivity index (χ0n) is 14.8. The number of methoxy groups -OCH3 is 1. The monoisotopic (exact) mass is 345 g/mol. The number of nitrogens with one attached hydrogen (secondary N) is 2. The van der Waals surface area contributed by atoms with Crippen LogP contribution in [0.1, 0.15) is 29.7 Å². The van der Waals surface area contributed by atoms with Gasteiger partial charge in [-0.15, -0.1) is 0 Å². The summed E-state index contributed by atoms with van der Waals surface area (Å²) < 4.78 is 4.94. The van der Waals surface area contributed by atoms with Gasteiger partial charge in [-0.25, -0.2) is 0 Å². The number of aliphatic hydroxyl groups is 1.